The standard InChI is InChI=1S/C12H23O14P/c13-1-3-5(14)8(17)10(19)12(25-3)26-27(21,22)23-2-4-6(15)7(16)9(18)11(20)24-4/h3-20H,1-2H2,(H,21,22)/t3-,4-,5-,6-,7+,8+,9+,10-,11?,12-/m1/s1. The Morgan fingerprint density at radius 3 is 1.93 bits per heavy atom. The van der Waals surface area contributed by atoms with Crippen LogP contribution >= 0.6 is 7.82 Å². The first-order valence-electron chi connectivity index (χ1n) is 7.82. The van der Waals surface area contributed by atoms with Gasteiger partial charge in [-0.3, -0.25) is 9.05 Å². The molecule has 0 aliphatic carbocycles. The van der Waals surface area contributed by atoms with E-state index in [0.717, 1.165) is 0 Å². The number of phosphoric acid groups is 1. The number of phosphoric ester groups is 1. The Morgan fingerprint density at radius 1 is 0.778 bits per heavy atom. The quantitative estimate of drug-likeness (QED) is 0.182. The van der Waals surface area contributed by atoms with Gasteiger partial charge in [-0.25, -0.2) is 4.57 Å². The van der Waals surface area contributed by atoms with E-state index >= 15 is 0 Å². The highest BCUT2D eigenvalue weighted by Gasteiger charge is 2.48. The molecule has 11 atom stereocenters. The maximum Gasteiger partial charge on any atom is 0.474 e. The molecule has 2 rings (SSSR count). The second-order valence-corrected chi connectivity index (χ2v) is 7.51. The molecule has 14 nitrogen and oxygen atoms in total. The highest BCUT2D eigenvalue weighted by molar-refractivity contribution is 7.47. The SMILES string of the molecule is O=P(O)(OC[C@H]1OC(O)[C@@H](O)[C@@H](O)[C@@H]1O)O[C@H]1O[C@H](CO)[C@@H](O)[C@H](O)[C@H]1O. The number of hydrogen-bond acceptors (Lipinski definition) is 13. The smallest absolute Gasteiger partial charge is 0.394 e. The molecule has 0 saturated carbocycles. The molecule has 0 aromatic rings. The molecule has 0 radical (unpaired) electrons. The lowest BCUT2D eigenvalue weighted by Crippen LogP contribution is -2.59. The molecule has 2 aliphatic rings. The maximum atomic E-state index is 12.0. The van der Waals surface area contributed by atoms with Crippen LogP contribution in [0.25, 0.3) is 0 Å². The zero-order chi connectivity index (χ0) is 20.5. The molecule has 2 aliphatic heterocycles. The van der Waals surface area contributed by atoms with Crippen LogP contribution in [0, 0.1) is 0 Å². The predicted molar refractivity (Wildman–Crippen MR) is 79.5 cm³/mol. The van der Waals surface area contributed by atoms with Crippen molar-refractivity contribution in [1.82, 2.24) is 0 Å². The summed E-state index contributed by atoms with van der Waals surface area (Å²) in [6.45, 7) is -1.67. The lowest BCUT2D eigenvalue weighted by Gasteiger charge is -2.40. The largest absolute Gasteiger partial charge is 0.474 e. The molecule has 2 fully saturated rings. The van der Waals surface area contributed by atoms with Crippen LogP contribution in [-0.4, -0.2) is 120 Å². The van der Waals surface area contributed by atoms with E-state index in [1.54, 1.807) is 0 Å². The average molecular weight is 422 g/mol. The molecule has 27 heavy (non-hydrogen) atoms. The first kappa shape index (κ1) is 23.0. The van der Waals surface area contributed by atoms with Gasteiger partial charge in [-0.1, -0.05) is 0 Å². The van der Waals surface area contributed by atoms with Gasteiger partial charge in [0.2, 0.25) is 0 Å². The minimum Gasteiger partial charge on any atom is -0.394 e. The summed E-state index contributed by atoms with van der Waals surface area (Å²) in [4.78, 5) is 9.70. The van der Waals surface area contributed by atoms with Gasteiger partial charge in [0, 0.05) is 0 Å². The summed E-state index contributed by atoms with van der Waals surface area (Å²) in [5, 5.41) is 76.0. The van der Waals surface area contributed by atoms with Crippen molar-refractivity contribution in [3.63, 3.8) is 0 Å². The number of aliphatic hydroxyl groups excluding tert-OH is 8. The fourth-order valence-electron chi connectivity index (χ4n) is 2.55. The second-order valence-electron chi connectivity index (χ2n) is 6.10. The molecule has 160 valence electrons. The molecule has 2 unspecified atom stereocenters. The van der Waals surface area contributed by atoms with Crippen LogP contribution in [0.3, 0.4) is 0 Å². The molecule has 2 heterocycles. The highest BCUT2D eigenvalue weighted by Crippen LogP contribution is 2.47. The van der Waals surface area contributed by atoms with Crippen molar-refractivity contribution in [1.29, 1.82) is 0 Å². The van der Waals surface area contributed by atoms with Gasteiger partial charge in [0.25, 0.3) is 0 Å². The van der Waals surface area contributed by atoms with Crippen LogP contribution in [0.15, 0.2) is 0 Å². The zero-order valence-corrected chi connectivity index (χ0v) is 14.6. The number of rotatable bonds is 6. The van der Waals surface area contributed by atoms with Crippen LogP contribution in [0.1, 0.15) is 0 Å². The zero-order valence-electron chi connectivity index (χ0n) is 13.7. The number of ether oxygens (including phenoxy) is 2. The first-order valence-corrected chi connectivity index (χ1v) is 9.32. The third-order valence-corrected chi connectivity index (χ3v) is 5.12. The van der Waals surface area contributed by atoms with Gasteiger partial charge in [-0.05, 0) is 0 Å². The third kappa shape index (κ3) is 5.20. The number of aliphatic hydroxyl groups is 8. The minimum absolute atomic E-state index is 0.790. The molecule has 0 spiro atoms. The van der Waals surface area contributed by atoms with Crippen molar-refractivity contribution in [2.75, 3.05) is 13.2 Å². The van der Waals surface area contributed by atoms with Crippen LogP contribution in [-0.2, 0) is 23.1 Å². The average Bonchev–Trinajstić information content (AvgIpc) is 2.62. The fraction of sp³-hybridized carbons (Fsp3) is 1.00. The van der Waals surface area contributed by atoms with E-state index in [2.05, 4.69) is 9.05 Å². The second kappa shape index (κ2) is 9.02. The maximum absolute atomic E-state index is 12.0. The highest BCUT2D eigenvalue weighted by atomic mass is 31.2. The first-order chi connectivity index (χ1) is 12.5. The van der Waals surface area contributed by atoms with Crippen molar-refractivity contribution >= 4 is 7.82 Å². The van der Waals surface area contributed by atoms with E-state index in [1.165, 1.54) is 0 Å². The number of hydrogen-bond donors (Lipinski definition) is 9. The molecular formula is C12H23O14P. The van der Waals surface area contributed by atoms with Crippen LogP contribution < -0.4 is 0 Å². The van der Waals surface area contributed by atoms with Gasteiger partial charge >= 0.3 is 7.82 Å². The Labute approximate surface area is 152 Å². The third-order valence-electron chi connectivity index (χ3n) is 4.17. The summed E-state index contributed by atoms with van der Waals surface area (Å²) >= 11 is 0. The normalized spacial score (nSPS) is 48.2. The molecule has 0 bridgehead atoms. The Kier molecular flexibility index (Phi) is 7.68. The van der Waals surface area contributed by atoms with E-state index in [-0.39, 0.29) is 0 Å². The summed E-state index contributed by atoms with van der Waals surface area (Å²) < 4.78 is 30.7. The molecule has 0 aromatic carbocycles. The summed E-state index contributed by atoms with van der Waals surface area (Å²) in [7, 11) is -5.01. The lowest BCUT2D eigenvalue weighted by molar-refractivity contribution is -0.289. The summed E-state index contributed by atoms with van der Waals surface area (Å²) in [6.07, 6.45) is -17.6. The van der Waals surface area contributed by atoms with E-state index in [9.17, 15) is 45.2 Å². The monoisotopic (exact) mass is 422 g/mol. The van der Waals surface area contributed by atoms with Crippen LogP contribution in [0.5, 0.6) is 0 Å². The Morgan fingerprint density at radius 2 is 1.33 bits per heavy atom. The van der Waals surface area contributed by atoms with Gasteiger partial charge in [0.1, 0.15) is 48.8 Å². The molecule has 9 N–H and O–H groups in total. The minimum atomic E-state index is -5.01. The van der Waals surface area contributed by atoms with Gasteiger partial charge in [-0.2, -0.15) is 0 Å². The van der Waals surface area contributed by atoms with Crippen LogP contribution in [0.2, 0.25) is 0 Å². The Hall–Kier alpha value is -0.290. The fourth-order valence-corrected chi connectivity index (χ4v) is 3.39. The van der Waals surface area contributed by atoms with Gasteiger partial charge in [0.15, 0.2) is 12.6 Å². The van der Waals surface area contributed by atoms with Crippen molar-refractivity contribution in [3.05, 3.63) is 0 Å². The molecular weight excluding hydrogens is 399 g/mol. The predicted octanol–water partition coefficient (Wildman–Crippen LogP) is -5.28. The summed E-state index contributed by atoms with van der Waals surface area (Å²) in [6, 6.07) is 0. The molecule has 0 aromatic heterocycles. The van der Waals surface area contributed by atoms with Gasteiger partial charge < -0.3 is 55.2 Å². The summed E-state index contributed by atoms with van der Waals surface area (Å²) in [5.74, 6) is 0. The van der Waals surface area contributed by atoms with E-state index in [0.29, 0.717) is 0 Å². The van der Waals surface area contributed by atoms with E-state index in [1.807, 2.05) is 0 Å². The van der Waals surface area contributed by atoms with Crippen molar-refractivity contribution in [2.45, 2.75) is 61.4 Å². The van der Waals surface area contributed by atoms with Crippen molar-refractivity contribution in [2.24, 2.45) is 0 Å². The Balaban J connectivity index is 1.95. The van der Waals surface area contributed by atoms with E-state index in [4.69, 9.17) is 14.6 Å². The molecule has 0 amide bonds. The summed E-state index contributed by atoms with van der Waals surface area (Å²) in [5.41, 5.74) is 0. The molecule has 15 heteroatoms. The lowest BCUT2D eigenvalue weighted by atomic mass is 10.00. The Bertz CT molecular complexity index is 532. The van der Waals surface area contributed by atoms with E-state index < -0.39 is 82.4 Å². The topological polar surface area (TPSA) is 236 Å². The van der Waals surface area contributed by atoms with Gasteiger partial charge in [0.05, 0.1) is 13.2 Å². The van der Waals surface area contributed by atoms with Crippen molar-refractivity contribution < 1.29 is 68.8 Å². The van der Waals surface area contributed by atoms with Crippen LogP contribution in [0.4, 0.5) is 0 Å². The van der Waals surface area contributed by atoms with Crippen molar-refractivity contribution in [3.8, 4) is 0 Å². The molecule has 2 saturated heterocycles. The van der Waals surface area contributed by atoms with Gasteiger partial charge in [-0.15, -0.1) is 0 Å².